The van der Waals surface area contributed by atoms with E-state index in [2.05, 4.69) is 20.8 Å². The molecule has 1 unspecified atom stereocenters. The highest BCUT2D eigenvalue weighted by molar-refractivity contribution is 5.71. The Morgan fingerprint density at radius 1 is 0.957 bits per heavy atom. The van der Waals surface area contributed by atoms with Crippen molar-refractivity contribution in [1.82, 2.24) is 0 Å². The Labute approximate surface area is 141 Å². The van der Waals surface area contributed by atoms with E-state index in [0.29, 0.717) is 26.4 Å². The Kier molecular flexibility index (Phi) is 11.3. The van der Waals surface area contributed by atoms with Gasteiger partial charge in [-0.2, -0.15) is 0 Å². The lowest BCUT2D eigenvalue weighted by molar-refractivity contribution is -0.201. The molecule has 0 spiro atoms. The predicted octanol–water partition coefficient (Wildman–Crippen LogP) is 3.49. The fourth-order valence-electron chi connectivity index (χ4n) is 2.49. The minimum absolute atomic E-state index is 0.217. The van der Waals surface area contributed by atoms with Gasteiger partial charge < -0.3 is 18.9 Å². The Morgan fingerprint density at radius 3 is 2.22 bits per heavy atom. The lowest BCUT2D eigenvalue weighted by Gasteiger charge is -2.37. The molecule has 0 amide bonds. The van der Waals surface area contributed by atoms with Crippen molar-refractivity contribution in [2.24, 2.45) is 0 Å². The molecule has 5 nitrogen and oxygen atoms in total. The van der Waals surface area contributed by atoms with Crippen LogP contribution in [0.25, 0.3) is 0 Å². The number of hydrogen-bond acceptors (Lipinski definition) is 5. The summed E-state index contributed by atoms with van der Waals surface area (Å²) >= 11 is 0. The summed E-state index contributed by atoms with van der Waals surface area (Å²) in [6, 6.07) is 0. The molecule has 3 atom stereocenters. The van der Waals surface area contributed by atoms with E-state index in [1.54, 1.807) is 0 Å². The van der Waals surface area contributed by atoms with Gasteiger partial charge in [-0.15, -0.1) is 0 Å². The van der Waals surface area contributed by atoms with Crippen LogP contribution in [-0.4, -0.2) is 50.7 Å². The number of cyclic esters (lactones) is 1. The molecule has 0 bridgehead atoms. The molecule has 1 rings (SSSR count). The van der Waals surface area contributed by atoms with E-state index in [0.717, 1.165) is 38.5 Å². The fraction of sp³-hybridized carbons (Fsp3) is 0.944. The van der Waals surface area contributed by atoms with Crippen LogP contribution in [0, 0.1) is 0 Å². The average Bonchev–Trinajstić information content (AvgIpc) is 2.54. The van der Waals surface area contributed by atoms with E-state index in [4.69, 9.17) is 18.9 Å². The van der Waals surface area contributed by atoms with Crippen molar-refractivity contribution in [2.45, 2.75) is 84.0 Å². The zero-order chi connectivity index (χ0) is 16.9. The van der Waals surface area contributed by atoms with Crippen molar-refractivity contribution < 1.29 is 23.7 Å². The number of rotatable bonds is 13. The summed E-state index contributed by atoms with van der Waals surface area (Å²) in [5.74, 6) is -0.217. The molecule has 1 heterocycles. The number of carbonyl (C=O) groups is 1. The number of hydrogen-bond donors (Lipinski definition) is 0. The van der Waals surface area contributed by atoms with E-state index < -0.39 is 0 Å². The van der Waals surface area contributed by atoms with E-state index in [1.165, 1.54) is 0 Å². The number of unbranched alkanes of at least 4 members (excludes halogenated alkanes) is 3. The summed E-state index contributed by atoms with van der Waals surface area (Å²) in [6.07, 6.45) is 5.69. The van der Waals surface area contributed by atoms with E-state index in [9.17, 15) is 4.79 Å². The van der Waals surface area contributed by atoms with Gasteiger partial charge in [-0.25, -0.2) is 0 Å². The molecule has 136 valence electrons. The summed E-state index contributed by atoms with van der Waals surface area (Å²) in [7, 11) is 0. The monoisotopic (exact) mass is 330 g/mol. The SMILES string of the molecule is CCCCOCC1OC(=O)C[C@@H](OCCCC)[C@@H]1OCCCC. The first-order chi connectivity index (χ1) is 11.2. The van der Waals surface area contributed by atoms with Crippen LogP contribution < -0.4 is 0 Å². The van der Waals surface area contributed by atoms with Crippen LogP contribution in [0.3, 0.4) is 0 Å². The molecule has 5 heteroatoms. The highest BCUT2D eigenvalue weighted by atomic mass is 16.6. The minimum Gasteiger partial charge on any atom is -0.457 e. The van der Waals surface area contributed by atoms with Gasteiger partial charge in [0.2, 0.25) is 0 Å². The highest BCUT2D eigenvalue weighted by Crippen LogP contribution is 2.23. The first kappa shape index (κ1) is 20.4. The summed E-state index contributed by atoms with van der Waals surface area (Å²) in [6.45, 7) is 8.77. The molecule has 1 aliphatic rings. The first-order valence-corrected chi connectivity index (χ1v) is 9.23. The maximum Gasteiger partial charge on any atom is 0.308 e. The Morgan fingerprint density at radius 2 is 1.57 bits per heavy atom. The summed E-state index contributed by atoms with van der Waals surface area (Å²) < 4.78 is 23.1. The highest BCUT2D eigenvalue weighted by Gasteiger charge is 2.40. The van der Waals surface area contributed by atoms with Crippen molar-refractivity contribution >= 4 is 5.97 Å². The zero-order valence-electron chi connectivity index (χ0n) is 15.1. The third-order valence-corrected chi connectivity index (χ3v) is 3.95. The van der Waals surface area contributed by atoms with Crippen molar-refractivity contribution in [3.63, 3.8) is 0 Å². The molecule has 0 radical (unpaired) electrons. The Bertz CT molecular complexity index is 308. The first-order valence-electron chi connectivity index (χ1n) is 9.23. The molecule has 0 aromatic rings. The van der Waals surface area contributed by atoms with Gasteiger partial charge in [0.15, 0.2) is 6.10 Å². The molecule has 1 saturated heterocycles. The van der Waals surface area contributed by atoms with Crippen molar-refractivity contribution in [2.75, 3.05) is 26.4 Å². The normalized spacial score (nSPS) is 24.7. The van der Waals surface area contributed by atoms with Crippen LogP contribution in [0.4, 0.5) is 0 Å². The van der Waals surface area contributed by atoms with Crippen molar-refractivity contribution in [3.8, 4) is 0 Å². The average molecular weight is 330 g/mol. The molecular weight excluding hydrogens is 296 g/mol. The predicted molar refractivity (Wildman–Crippen MR) is 89.5 cm³/mol. The number of ether oxygens (including phenoxy) is 4. The van der Waals surface area contributed by atoms with E-state index in [1.807, 2.05) is 0 Å². The Balaban J connectivity index is 2.58. The summed E-state index contributed by atoms with van der Waals surface area (Å²) in [4.78, 5) is 11.9. The zero-order valence-corrected chi connectivity index (χ0v) is 15.1. The maximum absolute atomic E-state index is 11.9. The van der Waals surface area contributed by atoms with Gasteiger partial charge in [0.25, 0.3) is 0 Å². The van der Waals surface area contributed by atoms with Gasteiger partial charge in [-0.1, -0.05) is 40.0 Å². The van der Waals surface area contributed by atoms with E-state index >= 15 is 0 Å². The second-order valence-electron chi connectivity index (χ2n) is 6.11. The third kappa shape index (κ3) is 8.13. The van der Waals surface area contributed by atoms with Gasteiger partial charge in [-0.3, -0.25) is 4.79 Å². The van der Waals surface area contributed by atoms with Crippen LogP contribution in [0.15, 0.2) is 0 Å². The summed E-state index contributed by atoms with van der Waals surface area (Å²) in [5.41, 5.74) is 0. The molecule has 0 saturated carbocycles. The Hall–Kier alpha value is -0.650. The fourth-order valence-corrected chi connectivity index (χ4v) is 2.49. The minimum atomic E-state index is -0.364. The molecular formula is C18H34O5. The van der Waals surface area contributed by atoms with Gasteiger partial charge in [-0.05, 0) is 19.3 Å². The van der Waals surface area contributed by atoms with Gasteiger partial charge in [0.1, 0.15) is 6.10 Å². The summed E-state index contributed by atoms with van der Waals surface area (Å²) in [5, 5.41) is 0. The standard InChI is InChI=1S/C18H34O5/c1-4-7-10-20-14-16-18(22-12-9-6-3)15(13-17(19)23-16)21-11-8-5-2/h15-16,18H,4-14H2,1-3H3/t15-,16?,18+/m1/s1. The molecule has 0 N–H and O–H groups in total. The lowest BCUT2D eigenvalue weighted by Crippen LogP contribution is -2.51. The quantitative estimate of drug-likeness (QED) is 0.382. The van der Waals surface area contributed by atoms with Gasteiger partial charge in [0, 0.05) is 19.8 Å². The number of esters is 1. The largest absolute Gasteiger partial charge is 0.457 e. The van der Waals surface area contributed by atoms with Crippen LogP contribution in [-0.2, 0) is 23.7 Å². The van der Waals surface area contributed by atoms with Crippen LogP contribution in [0.1, 0.15) is 65.7 Å². The van der Waals surface area contributed by atoms with Crippen molar-refractivity contribution in [1.29, 1.82) is 0 Å². The molecule has 23 heavy (non-hydrogen) atoms. The molecule has 0 aromatic heterocycles. The maximum atomic E-state index is 11.9. The molecule has 1 fully saturated rings. The second-order valence-corrected chi connectivity index (χ2v) is 6.11. The third-order valence-electron chi connectivity index (χ3n) is 3.95. The van der Waals surface area contributed by atoms with Gasteiger partial charge >= 0.3 is 5.97 Å². The number of carbonyl (C=O) groups excluding carboxylic acids is 1. The topological polar surface area (TPSA) is 54.0 Å². The smallest absolute Gasteiger partial charge is 0.308 e. The van der Waals surface area contributed by atoms with Crippen LogP contribution >= 0.6 is 0 Å². The second kappa shape index (κ2) is 12.7. The van der Waals surface area contributed by atoms with Crippen LogP contribution in [0.5, 0.6) is 0 Å². The molecule has 1 aliphatic heterocycles. The van der Waals surface area contributed by atoms with Crippen LogP contribution in [0.2, 0.25) is 0 Å². The van der Waals surface area contributed by atoms with E-state index in [-0.39, 0.29) is 30.7 Å². The van der Waals surface area contributed by atoms with Crippen molar-refractivity contribution in [3.05, 3.63) is 0 Å². The lowest BCUT2D eigenvalue weighted by atomic mass is 10.0. The molecule has 0 aromatic carbocycles. The van der Waals surface area contributed by atoms with Gasteiger partial charge in [0.05, 0.1) is 19.1 Å². The molecule has 0 aliphatic carbocycles.